The zero-order valence-electron chi connectivity index (χ0n) is 14.8. The highest BCUT2D eigenvalue weighted by atomic mass is 79.9. The third kappa shape index (κ3) is 4.31. The Hall–Kier alpha value is -2.52. The van der Waals surface area contributed by atoms with Crippen molar-refractivity contribution in [3.63, 3.8) is 0 Å². The molecular formula is C19H16BrN3O4S. The van der Waals surface area contributed by atoms with Gasteiger partial charge in [-0.3, -0.25) is 4.79 Å². The minimum atomic E-state index is -0.384. The molecule has 9 heteroatoms. The van der Waals surface area contributed by atoms with Crippen LogP contribution >= 0.6 is 27.7 Å². The zero-order chi connectivity index (χ0) is 19.5. The topological polar surface area (TPSA) is 86.5 Å². The molecule has 0 saturated carbocycles. The number of nitrogens with one attached hydrogen (secondary N) is 1. The largest absolute Gasteiger partial charge is 0.454 e. The molecule has 144 valence electrons. The number of amides is 1. The van der Waals surface area contributed by atoms with E-state index in [9.17, 15) is 4.79 Å². The van der Waals surface area contributed by atoms with Crippen molar-refractivity contribution in [2.45, 2.75) is 23.9 Å². The van der Waals surface area contributed by atoms with Crippen LogP contribution in [0.2, 0.25) is 0 Å². The van der Waals surface area contributed by atoms with Gasteiger partial charge in [0.15, 0.2) is 11.5 Å². The van der Waals surface area contributed by atoms with Gasteiger partial charge in [-0.1, -0.05) is 39.8 Å². The molecule has 3 aromatic rings. The first-order chi connectivity index (χ1) is 13.6. The van der Waals surface area contributed by atoms with Crippen molar-refractivity contribution in [2.24, 2.45) is 0 Å². The molecule has 2 heterocycles. The SMILES string of the molecule is C[C@H](Sc1nnc(-c2cccc(Br)c2)o1)C(=O)NCc1ccc2c(c1)OCO2. The van der Waals surface area contributed by atoms with E-state index in [4.69, 9.17) is 13.9 Å². The highest BCUT2D eigenvalue weighted by Gasteiger charge is 2.19. The van der Waals surface area contributed by atoms with Crippen LogP contribution in [0.3, 0.4) is 0 Å². The molecule has 0 bridgehead atoms. The van der Waals surface area contributed by atoms with Crippen molar-refractivity contribution in [3.05, 3.63) is 52.5 Å². The second kappa shape index (κ2) is 8.24. The van der Waals surface area contributed by atoms with Gasteiger partial charge in [-0.15, -0.1) is 10.2 Å². The van der Waals surface area contributed by atoms with Gasteiger partial charge in [0.25, 0.3) is 5.22 Å². The summed E-state index contributed by atoms with van der Waals surface area (Å²) in [5, 5.41) is 10.9. The van der Waals surface area contributed by atoms with Crippen LogP contribution in [0.1, 0.15) is 12.5 Å². The highest BCUT2D eigenvalue weighted by Crippen LogP contribution is 2.32. The van der Waals surface area contributed by atoms with Crippen LogP contribution in [0.5, 0.6) is 11.5 Å². The van der Waals surface area contributed by atoms with Gasteiger partial charge in [-0.05, 0) is 42.8 Å². The van der Waals surface area contributed by atoms with E-state index in [-0.39, 0.29) is 18.0 Å². The van der Waals surface area contributed by atoms with Crippen LogP contribution < -0.4 is 14.8 Å². The van der Waals surface area contributed by atoms with Crippen molar-refractivity contribution >= 4 is 33.6 Å². The van der Waals surface area contributed by atoms with E-state index >= 15 is 0 Å². The van der Waals surface area contributed by atoms with Gasteiger partial charge in [0.05, 0.1) is 5.25 Å². The fraction of sp³-hybridized carbons (Fsp3) is 0.211. The smallest absolute Gasteiger partial charge is 0.277 e. The molecule has 0 aliphatic carbocycles. The fourth-order valence-electron chi connectivity index (χ4n) is 2.58. The molecule has 1 aliphatic heterocycles. The van der Waals surface area contributed by atoms with Crippen LogP contribution in [-0.4, -0.2) is 28.1 Å². The Morgan fingerprint density at radius 3 is 2.93 bits per heavy atom. The van der Waals surface area contributed by atoms with E-state index in [0.717, 1.165) is 21.3 Å². The molecule has 7 nitrogen and oxygen atoms in total. The molecule has 1 amide bonds. The number of carbonyl (C=O) groups is 1. The number of hydrogen-bond acceptors (Lipinski definition) is 7. The lowest BCUT2D eigenvalue weighted by molar-refractivity contribution is -0.120. The Morgan fingerprint density at radius 2 is 2.07 bits per heavy atom. The second-order valence-electron chi connectivity index (χ2n) is 6.05. The van der Waals surface area contributed by atoms with E-state index < -0.39 is 0 Å². The number of thioether (sulfide) groups is 1. The monoisotopic (exact) mass is 461 g/mol. The molecule has 1 aromatic heterocycles. The first-order valence-corrected chi connectivity index (χ1v) is 10.2. The number of rotatable bonds is 6. The normalized spacial score (nSPS) is 13.4. The minimum Gasteiger partial charge on any atom is -0.454 e. The number of nitrogens with zero attached hydrogens (tertiary/aromatic N) is 2. The third-order valence-corrected chi connectivity index (χ3v) is 5.46. The first kappa shape index (κ1) is 18.8. The van der Waals surface area contributed by atoms with Crippen molar-refractivity contribution < 1.29 is 18.7 Å². The predicted octanol–water partition coefficient (Wildman–Crippen LogP) is 4.02. The Labute approximate surface area is 173 Å². The average Bonchev–Trinajstić information content (AvgIpc) is 3.35. The molecule has 0 fully saturated rings. The van der Waals surface area contributed by atoms with Crippen LogP contribution in [-0.2, 0) is 11.3 Å². The Bertz CT molecular complexity index is 1010. The summed E-state index contributed by atoms with van der Waals surface area (Å²) in [6.07, 6.45) is 0. The average molecular weight is 462 g/mol. The van der Waals surface area contributed by atoms with Crippen molar-refractivity contribution in [1.82, 2.24) is 15.5 Å². The van der Waals surface area contributed by atoms with E-state index in [1.165, 1.54) is 11.8 Å². The van der Waals surface area contributed by atoms with Gasteiger partial charge < -0.3 is 19.2 Å². The van der Waals surface area contributed by atoms with Gasteiger partial charge in [-0.2, -0.15) is 0 Å². The van der Waals surface area contributed by atoms with Crippen LogP contribution in [0, 0.1) is 0 Å². The molecule has 2 aromatic carbocycles. The summed E-state index contributed by atoms with van der Waals surface area (Å²) in [5.41, 5.74) is 1.75. The summed E-state index contributed by atoms with van der Waals surface area (Å²) in [6, 6.07) is 13.2. The summed E-state index contributed by atoms with van der Waals surface area (Å²) in [4.78, 5) is 12.4. The maximum atomic E-state index is 12.4. The lowest BCUT2D eigenvalue weighted by atomic mass is 10.2. The standard InChI is InChI=1S/C19H16BrN3O4S/c1-11(17(24)21-9-12-5-6-15-16(7-12)26-10-25-15)28-19-23-22-18(27-19)13-3-2-4-14(20)8-13/h2-8,11H,9-10H2,1H3,(H,21,24)/t11-/m0/s1. The number of ether oxygens (including phenoxy) is 2. The highest BCUT2D eigenvalue weighted by molar-refractivity contribution is 9.10. The molecule has 1 aliphatic rings. The third-order valence-electron chi connectivity index (χ3n) is 4.03. The quantitative estimate of drug-likeness (QED) is 0.554. The minimum absolute atomic E-state index is 0.120. The summed E-state index contributed by atoms with van der Waals surface area (Å²) in [6.45, 7) is 2.42. The molecule has 0 unspecified atom stereocenters. The number of halogens is 1. The zero-order valence-corrected chi connectivity index (χ0v) is 17.2. The molecule has 0 saturated heterocycles. The van der Waals surface area contributed by atoms with Crippen molar-refractivity contribution in [1.29, 1.82) is 0 Å². The Morgan fingerprint density at radius 1 is 1.21 bits per heavy atom. The summed E-state index contributed by atoms with van der Waals surface area (Å²) < 4.78 is 17.2. The van der Waals surface area contributed by atoms with E-state index in [1.54, 1.807) is 6.92 Å². The van der Waals surface area contributed by atoms with E-state index in [2.05, 4.69) is 31.4 Å². The molecule has 1 N–H and O–H groups in total. The van der Waals surface area contributed by atoms with Crippen molar-refractivity contribution in [2.75, 3.05) is 6.79 Å². The molecule has 0 radical (unpaired) electrons. The second-order valence-corrected chi connectivity index (χ2v) is 8.26. The molecule has 4 rings (SSSR count). The van der Waals surface area contributed by atoms with Crippen LogP contribution in [0.4, 0.5) is 0 Å². The lowest BCUT2D eigenvalue weighted by Gasteiger charge is -2.10. The molecular weight excluding hydrogens is 446 g/mol. The Balaban J connectivity index is 1.33. The van der Waals surface area contributed by atoms with Gasteiger partial charge in [-0.25, -0.2) is 0 Å². The molecule has 28 heavy (non-hydrogen) atoms. The number of fused-ring (bicyclic) bond motifs is 1. The number of benzene rings is 2. The van der Waals surface area contributed by atoms with Crippen LogP contribution in [0.15, 0.2) is 56.6 Å². The maximum absolute atomic E-state index is 12.4. The van der Waals surface area contributed by atoms with E-state index in [1.807, 2.05) is 42.5 Å². The maximum Gasteiger partial charge on any atom is 0.277 e. The number of hydrogen-bond donors (Lipinski definition) is 1. The fourth-order valence-corrected chi connectivity index (χ4v) is 3.69. The van der Waals surface area contributed by atoms with Gasteiger partial charge in [0.1, 0.15) is 0 Å². The van der Waals surface area contributed by atoms with Gasteiger partial charge in [0, 0.05) is 16.6 Å². The van der Waals surface area contributed by atoms with Gasteiger partial charge in [0.2, 0.25) is 18.6 Å². The summed E-state index contributed by atoms with van der Waals surface area (Å²) in [7, 11) is 0. The Kier molecular flexibility index (Phi) is 5.54. The van der Waals surface area contributed by atoms with Crippen LogP contribution in [0.25, 0.3) is 11.5 Å². The van der Waals surface area contributed by atoms with Crippen molar-refractivity contribution in [3.8, 4) is 23.0 Å². The summed E-state index contributed by atoms with van der Waals surface area (Å²) >= 11 is 4.63. The number of aromatic nitrogens is 2. The predicted molar refractivity (Wildman–Crippen MR) is 107 cm³/mol. The number of carbonyl (C=O) groups excluding carboxylic acids is 1. The van der Waals surface area contributed by atoms with E-state index in [0.29, 0.717) is 23.4 Å². The first-order valence-electron chi connectivity index (χ1n) is 8.51. The van der Waals surface area contributed by atoms with Gasteiger partial charge >= 0.3 is 0 Å². The molecule has 0 spiro atoms. The summed E-state index contributed by atoms with van der Waals surface area (Å²) in [5.74, 6) is 1.71. The molecule has 1 atom stereocenters. The lowest BCUT2D eigenvalue weighted by Crippen LogP contribution is -2.30.